The molecule has 3 aromatic rings. The largest absolute Gasteiger partial charge is 0.352 e. The Labute approximate surface area is 130 Å². The Morgan fingerprint density at radius 3 is 2.82 bits per heavy atom. The number of hydrogen-bond acceptors (Lipinski definition) is 2. The van der Waals surface area contributed by atoms with Gasteiger partial charge in [-0.25, -0.2) is 0 Å². The van der Waals surface area contributed by atoms with Crippen LogP contribution in [-0.4, -0.2) is 10.9 Å². The van der Waals surface area contributed by atoms with Gasteiger partial charge in [0.05, 0.1) is 11.9 Å². The molecule has 0 saturated heterocycles. The molecule has 0 aliphatic carbocycles. The van der Waals surface area contributed by atoms with Crippen LogP contribution in [0.4, 0.5) is 0 Å². The molecule has 1 amide bonds. The number of amides is 1. The predicted molar refractivity (Wildman–Crippen MR) is 88.5 cm³/mol. The van der Waals surface area contributed by atoms with E-state index in [1.54, 1.807) is 6.20 Å². The molecule has 0 atom stereocenters. The van der Waals surface area contributed by atoms with Crippen molar-refractivity contribution in [1.82, 2.24) is 10.3 Å². The first-order chi connectivity index (χ1) is 10.7. The third-order valence-electron chi connectivity index (χ3n) is 3.66. The molecular formula is C19H18N2O. The number of rotatable bonds is 4. The maximum atomic E-state index is 12.1. The summed E-state index contributed by atoms with van der Waals surface area (Å²) in [6, 6.07) is 18.0. The lowest BCUT2D eigenvalue weighted by Gasteiger charge is -2.08. The molecule has 110 valence electrons. The number of hydrogen-bond donors (Lipinski definition) is 1. The fraction of sp³-hybridized carbons (Fsp3) is 0.158. The highest BCUT2D eigenvalue weighted by molar-refractivity contribution is 5.83. The van der Waals surface area contributed by atoms with E-state index in [4.69, 9.17) is 0 Å². The van der Waals surface area contributed by atoms with Crippen molar-refractivity contribution < 1.29 is 4.79 Å². The highest BCUT2D eigenvalue weighted by Crippen LogP contribution is 2.15. The van der Waals surface area contributed by atoms with Crippen LogP contribution in [0.2, 0.25) is 0 Å². The lowest BCUT2D eigenvalue weighted by atomic mass is 10.1. The molecule has 3 nitrogen and oxygen atoms in total. The summed E-state index contributed by atoms with van der Waals surface area (Å²) in [5, 5.41) is 4.08. The molecule has 3 heteroatoms. The number of fused-ring (bicyclic) bond motifs is 1. The third-order valence-corrected chi connectivity index (χ3v) is 3.66. The first kappa shape index (κ1) is 14.3. The van der Waals surface area contributed by atoms with Crippen molar-refractivity contribution in [3.63, 3.8) is 0 Å². The standard InChI is InChI=1S/C19H18N2O/c1-14-5-4-6-15(11-14)12-19(22)21-13-16-9-10-20-18-8-3-2-7-17(16)18/h2-11H,12-13H2,1H3,(H,21,22). The summed E-state index contributed by atoms with van der Waals surface area (Å²) in [6.45, 7) is 2.55. The van der Waals surface area contributed by atoms with Crippen molar-refractivity contribution in [3.05, 3.63) is 77.5 Å². The summed E-state index contributed by atoms with van der Waals surface area (Å²) in [6.07, 6.45) is 2.19. The van der Waals surface area contributed by atoms with Crippen LogP contribution in [0.5, 0.6) is 0 Å². The number of para-hydroxylation sites is 1. The van der Waals surface area contributed by atoms with E-state index >= 15 is 0 Å². The van der Waals surface area contributed by atoms with Crippen molar-refractivity contribution in [1.29, 1.82) is 0 Å². The highest BCUT2D eigenvalue weighted by Gasteiger charge is 2.06. The molecule has 0 unspecified atom stereocenters. The zero-order chi connectivity index (χ0) is 15.4. The molecule has 1 aromatic heterocycles. The predicted octanol–water partition coefficient (Wildman–Crippen LogP) is 3.40. The lowest BCUT2D eigenvalue weighted by Crippen LogP contribution is -2.24. The van der Waals surface area contributed by atoms with Crippen LogP contribution in [0, 0.1) is 6.92 Å². The Kier molecular flexibility index (Phi) is 4.15. The number of pyridine rings is 1. The second-order valence-electron chi connectivity index (χ2n) is 5.43. The Hall–Kier alpha value is -2.68. The molecule has 0 fully saturated rings. The van der Waals surface area contributed by atoms with E-state index in [0.29, 0.717) is 13.0 Å². The molecule has 1 heterocycles. The van der Waals surface area contributed by atoms with Gasteiger partial charge < -0.3 is 5.32 Å². The summed E-state index contributed by atoms with van der Waals surface area (Å²) in [4.78, 5) is 16.4. The van der Waals surface area contributed by atoms with Gasteiger partial charge in [0.15, 0.2) is 0 Å². The first-order valence-electron chi connectivity index (χ1n) is 7.37. The van der Waals surface area contributed by atoms with E-state index in [1.165, 1.54) is 5.56 Å². The summed E-state index contributed by atoms with van der Waals surface area (Å²) in [5.74, 6) is 0.0338. The Balaban J connectivity index is 1.68. The molecule has 0 aliphatic rings. The third kappa shape index (κ3) is 3.31. The maximum Gasteiger partial charge on any atom is 0.224 e. The van der Waals surface area contributed by atoms with Gasteiger partial charge in [-0.2, -0.15) is 0 Å². The van der Waals surface area contributed by atoms with E-state index in [1.807, 2.05) is 61.5 Å². The van der Waals surface area contributed by atoms with Gasteiger partial charge in [-0.05, 0) is 30.2 Å². The van der Waals surface area contributed by atoms with Gasteiger partial charge >= 0.3 is 0 Å². The molecule has 0 saturated carbocycles. The van der Waals surface area contributed by atoms with Crippen LogP contribution in [0.25, 0.3) is 10.9 Å². The quantitative estimate of drug-likeness (QED) is 0.800. The number of carbonyl (C=O) groups is 1. The second kappa shape index (κ2) is 6.39. The zero-order valence-corrected chi connectivity index (χ0v) is 12.5. The zero-order valence-electron chi connectivity index (χ0n) is 12.5. The van der Waals surface area contributed by atoms with Gasteiger partial charge in [0.1, 0.15) is 0 Å². The second-order valence-corrected chi connectivity index (χ2v) is 5.43. The summed E-state index contributed by atoms with van der Waals surface area (Å²) >= 11 is 0. The van der Waals surface area contributed by atoms with Crippen molar-refractivity contribution in [2.45, 2.75) is 19.9 Å². The molecule has 22 heavy (non-hydrogen) atoms. The number of benzene rings is 2. The molecule has 2 aromatic carbocycles. The van der Waals surface area contributed by atoms with E-state index in [-0.39, 0.29) is 5.91 Å². The fourth-order valence-corrected chi connectivity index (χ4v) is 2.57. The van der Waals surface area contributed by atoms with E-state index in [2.05, 4.69) is 10.3 Å². The van der Waals surface area contributed by atoms with E-state index in [0.717, 1.165) is 22.0 Å². The van der Waals surface area contributed by atoms with Crippen LogP contribution < -0.4 is 5.32 Å². The van der Waals surface area contributed by atoms with Gasteiger partial charge in [-0.3, -0.25) is 9.78 Å². The van der Waals surface area contributed by atoms with Gasteiger partial charge in [0.25, 0.3) is 0 Å². The van der Waals surface area contributed by atoms with Crippen molar-refractivity contribution >= 4 is 16.8 Å². The van der Waals surface area contributed by atoms with Crippen molar-refractivity contribution in [3.8, 4) is 0 Å². The minimum atomic E-state index is 0.0338. The van der Waals surface area contributed by atoms with Crippen LogP contribution in [0.15, 0.2) is 60.8 Å². The average Bonchev–Trinajstić information content (AvgIpc) is 2.53. The lowest BCUT2D eigenvalue weighted by molar-refractivity contribution is -0.120. The Bertz CT molecular complexity index is 806. The number of aromatic nitrogens is 1. The van der Waals surface area contributed by atoms with Gasteiger partial charge in [0.2, 0.25) is 5.91 Å². The maximum absolute atomic E-state index is 12.1. The smallest absolute Gasteiger partial charge is 0.224 e. The van der Waals surface area contributed by atoms with E-state index in [9.17, 15) is 4.79 Å². The molecule has 0 spiro atoms. The fourth-order valence-electron chi connectivity index (χ4n) is 2.57. The number of aryl methyl sites for hydroxylation is 1. The molecule has 1 N–H and O–H groups in total. The minimum absolute atomic E-state index is 0.0338. The van der Waals surface area contributed by atoms with Crippen molar-refractivity contribution in [2.75, 3.05) is 0 Å². The average molecular weight is 290 g/mol. The molecule has 0 radical (unpaired) electrons. The van der Waals surface area contributed by atoms with Crippen LogP contribution in [0.1, 0.15) is 16.7 Å². The van der Waals surface area contributed by atoms with Gasteiger partial charge in [0, 0.05) is 18.1 Å². The molecule has 3 rings (SSSR count). The number of carbonyl (C=O) groups excluding carboxylic acids is 1. The number of nitrogens with zero attached hydrogens (tertiary/aromatic N) is 1. The summed E-state index contributed by atoms with van der Waals surface area (Å²) < 4.78 is 0. The topological polar surface area (TPSA) is 42.0 Å². The molecular weight excluding hydrogens is 272 g/mol. The van der Waals surface area contributed by atoms with Gasteiger partial charge in [-0.15, -0.1) is 0 Å². The van der Waals surface area contributed by atoms with Crippen LogP contribution in [0.3, 0.4) is 0 Å². The monoisotopic (exact) mass is 290 g/mol. The normalized spacial score (nSPS) is 10.6. The highest BCUT2D eigenvalue weighted by atomic mass is 16.1. The van der Waals surface area contributed by atoms with E-state index < -0.39 is 0 Å². The first-order valence-corrected chi connectivity index (χ1v) is 7.37. The number of nitrogens with one attached hydrogen (secondary N) is 1. The molecule has 0 bridgehead atoms. The Morgan fingerprint density at radius 2 is 1.95 bits per heavy atom. The van der Waals surface area contributed by atoms with Crippen LogP contribution in [-0.2, 0) is 17.8 Å². The minimum Gasteiger partial charge on any atom is -0.352 e. The summed E-state index contributed by atoms with van der Waals surface area (Å²) in [7, 11) is 0. The SMILES string of the molecule is Cc1cccc(CC(=O)NCc2ccnc3ccccc23)c1. The van der Waals surface area contributed by atoms with Crippen LogP contribution >= 0.6 is 0 Å². The van der Waals surface area contributed by atoms with Crippen molar-refractivity contribution in [2.24, 2.45) is 0 Å². The Morgan fingerprint density at radius 1 is 1.09 bits per heavy atom. The summed E-state index contributed by atoms with van der Waals surface area (Å²) in [5.41, 5.74) is 4.25. The van der Waals surface area contributed by atoms with Gasteiger partial charge in [-0.1, -0.05) is 48.0 Å². The molecule has 0 aliphatic heterocycles.